The number of nitrogens with zero attached hydrogens (tertiary/aromatic N) is 3. The summed E-state index contributed by atoms with van der Waals surface area (Å²) < 4.78 is 0. The van der Waals surface area contributed by atoms with E-state index in [1.165, 1.54) is 11.8 Å². The number of nitrogens with one attached hydrogen (secondary N) is 1. The number of hydrogen-bond acceptors (Lipinski definition) is 4. The standard InChI is InChI=1S/C13H16N4OS/c1-3-17(11-7-5-4-6-8-11)12(18)9-19-13-14-10(2)15-16-13/h4-8H,3,9H2,1-2H3,(H,14,15,16). The molecule has 0 atom stereocenters. The molecular formula is C13H16N4OS. The van der Waals surface area contributed by atoms with Crippen LogP contribution in [0.25, 0.3) is 0 Å². The van der Waals surface area contributed by atoms with Crippen molar-refractivity contribution in [2.75, 3.05) is 17.2 Å². The van der Waals surface area contributed by atoms with Gasteiger partial charge in [-0.05, 0) is 26.0 Å². The number of hydrogen-bond donors (Lipinski definition) is 1. The largest absolute Gasteiger partial charge is 0.312 e. The van der Waals surface area contributed by atoms with Gasteiger partial charge >= 0.3 is 0 Å². The first-order valence-electron chi connectivity index (χ1n) is 6.08. The number of aryl methyl sites for hydroxylation is 1. The van der Waals surface area contributed by atoms with Crippen LogP contribution >= 0.6 is 11.8 Å². The lowest BCUT2D eigenvalue weighted by Gasteiger charge is -2.20. The average Bonchev–Trinajstić information content (AvgIpc) is 2.84. The van der Waals surface area contributed by atoms with Gasteiger partial charge in [0, 0.05) is 12.2 Å². The molecule has 2 rings (SSSR count). The molecule has 1 N–H and O–H groups in total. The van der Waals surface area contributed by atoms with Crippen molar-refractivity contribution >= 4 is 23.4 Å². The number of anilines is 1. The van der Waals surface area contributed by atoms with Gasteiger partial charge in [0.25, 0.3) is 0 Å². The van der Waals surface area contributed by atoms with E-state index in [1.807, 2.05) is 44.2 Å². The third kappa shape index (κ3) is 3.57. The molecule has 1 heterocycles. The van der Waals surface area contributed by atoms with Crippen LogP contribution < -0.4 is 4.90 Å². The van der Waals surface area contributed by atoms with Crippen LogP contribution in [0.2, 0.25) is 0 Å². The van der Waals surface area contributed by atoms with Crippen molar-refractivity contribution in [3.8, 4) is 0 Å². The number of benzene rings is 1. The van der Waals surface area contributed by atoms with Crippen LogP contribution in [0.4, 0.5) is 5.69 Å². The Bertz CT molecular complexity index is 541. The van der Waals surface area contributed by atoms with Gasteiger partial charge in [0.1, 0.15) is 5.82 Å². The summed E-state index contributed by atoms with van der Waals surface area (Å²) in [7, 11) is 0. The van der Waals surface area contributed by atoms with E-state index in [4.69, 9.17) is 0 Å². The lowest BCUT2D eigenvalue weighted by atomic mass is 10.3. The second-order valence-corrected chi connectivity index (χ2v) is 4.91. The number of rotatable bonds is 5. The van der Waals surface area contributed by atoms with E-state index in [9.17, 15) is 4.79 Å². The van der Waals surface area contributed by atoms with E-state index >= 15 is 0 Å². The zero-order valence-electron chi connectivity index (χ0n) is 11.0. The van der Waals surface area contributed by atoms with Crippen molar-refractivity contribution in [1.82, 2.24) is 15.2 Å². The van der Waals surface area contributed by atoms with Gasteiger partial charge in [-0.2, -0.15) is 0 Å². The van der Waals surface area contributed by atoms with E-state index in [-0.39, 0.29) is 5.91 Å². The Morgan fingerprint density at radius 1 is 1.37 bits per heavy atom. The van der Waals surface area contributed by atoms with Crippen molar-refractivity contribution in [2.45, 2.75) is 19.0 Å². The van der Waals surface area contributed by atoms with Gasteiger partial charge in [-0.15, -0.1) is 5.10 Å². The molecule has 5 nitrogen and oxygen atoms in total. The fourth-order valence-corrected chi connectivity index (χ4v) is 2.42. The average molecular weight is 276 g/mol. The monoisotopic (exact) mass is 276 g/mol. The number of H-pyrrole nitrogens is 1. The number of aromatic amines is 1. The van der Waals surface area contributed by atoms with Crippen LogP contribution in [-0.4, -0.2) is 33.4 Å². The fourth-order valence-electron chi connectivity index (χ4n) is 1.70. The summed E-state index contributed by atoms with van der Waals surface area (Å²) in [4.78, 5) is 18.1. The van der Waals surface area contributed by atoms with Crippen LogP contribution in [0.3, 0.4) is 0 Å². The van der Waals surface area contributed by atoms with Crippen LogP contribution in [0.1, 0.15) is 12.7 Å². The molecule has 0 spiro atoms. The number of thioether (sulfide) groups is 1. The van der Waals surface area contributed by atoms with Crippen LogP contribution in [0, 0.1) is 6.92 Å². The smallest absolute Gasteiger partial charge is 0.237 e. The Morgan fingerprint density at radius 3 is 2.68 bits per heavy atom. The van der Waals surface area contributed by atoms with Gasteiger partial charge in [0.15, 0.2) is 0 Å². The highest BCUT2D eigenvalue weighted by Crippen LogP contribution is 2.17. The Morgan fingerprint density at radius 2 is 2.11 bits per heavy atom. The predicted molar refractivity (Wildman–Crippen MR) is 76.3 cm³/mol. The van der Waals surface area contributed by atoms with Crippen LogP contribution in [0.5, 0.6) is 0 Å². The first-order chi connectivity index (χ1) is 9.20. The molecule has 0 saturated heterocycles. The molecule has 100 valence electrons. The molecule has 1 aromatic carbocycles. The fraction of sp³-hybridized carbons (Fsp3) is 0.308. The summed E-state index contributed by atoms with van der Waals surface area (Å²) in [5.74, 6) is 1.14. The molecule has 0 radical (unpaired) electrons. The topological polar surface area (TPSA) is 61.9 Å². The molecule has 19 heavy (non-hydrogen) atoms. The summed E-state index contributed by atoms with van der Waals surface area (Å²) in [6.45, 7) is 4.45. The Balaban J connectivity index is 1.98. The van der Waals surface area contributed by atoms with Crippen molar-refractivity contribution < 1.29 is 4.79 Å². The Hall–Kier alpha value is -1.82. The maximum Gasteiger partial charge on any atom is 0.237 e. The SMILES string of the molecule is CCN(C(=O)CSc1n[nH]c(C)n1)c1ccccc1. The maximum absolute atomic E-state index is 12.2. The molecule has 0 bridgehead atoms. The molecule has 0 saturated carbocycles. The molecule has 0 unspecified atom stereocenters. The summed E-state index contributed by atoms with van der Waals surface area (Å²) in [6.07, 6.45) is 0. The van der Waals surface area contributed by atoms with E-state index in [1.54, 1.807) is 4.90 Å². The highest BCUT2D eigenvalue weighted by molar-refractivity contribution is 7.99. The number of aromatic nitrogens is 3. The van der Waals surface area contributed by atoms with Gasteiger partial charge in [-0.25, -0.2) is 4.98 Å². The number of carbonyl (C=O) groups is 1. The molecule has 2 aromatic rings. The normalized spacial score (nSPS) is 10.4. The molecule has 0 fully saturated rings. The lowest BCUT2D eigenvalue weighted by molar-refractivity contribution is -0.116. The predicted octanol–water partition coefficient (Wildman–Crippen LogP) is 2.26. The Kier molecular flexibility index (Phi) is 4.57. The third-order valence-corrected chi connectivity index (χ3v) is 3.42. The van der Waals surface area contributed by atoms with Gasteiger partial charge in [-0.3, -0.25) is 9.89 Å². The Labute approximate surface area is 116 Å². The minimum atomic E-state index is 0.0566. The molecule has 0 aliphatic heterocycles. The highest BCUT2D eigenvalue weighted by Gasteiger charge is 2.14. The molecule has 0 aliphatic rings. The molecule has 1 amide bonds. The van der Waals surface area contributed by atoms with Crippen molar-refractivity contribution in [1.29, 1.82) is 0 Å². The van der Waals surface area contributed by atoms with Crippen molar-refractivity contribution in [3.63, 3.8) is 0 Å². The van der Waals surface area contributed by atoms with Gasteiger partial charge in [0.2, 0.25) is 11.1 Å². The number of amides is 1. The lowest BCUT2D eigenvalue weighted by Crippen LogP contribution is -2.32. The maximum atomic E-state index is 12.2. The van der Waals surface area contributed by atoms with Crippen molar-refractivity contribution in [3.05, 3.63) is 36.2 Å². The van der Waals surface area contributed by atoms with Crippen LogP contribution in [0.15, 0.2) is 35.5 Å². The zero-order valence-corrected chi connectivity index (χ0v) is 11.8. The quantitative estimate of drug-likeness (QED) is 0.851. The minimum Gasteiger partial charge on any atom is -0.312 e. The van der Waals surface area contributed by atoms with E-state index in [0.29, 0.717) is 17.5 Å². The summed E-state index contributed by atoms with van der Waals surface area (Å²) in [5.41, 5.74) is 0.918. The molecule has 1 aromatic heterocycles. The third-order valence-electron chi connectivity index (χ3n) is 2.59. The van der Waals surface area contributed by atoms with E-state index in [2.05, 4.69) is 15.2 Å². The molecular weight excluding hydrogens is 260 g/mol. The first kappa shape index (κ1) is 13.6. The summed E-state index contributed by atoms with van der Waals surface area (Å²) >= 11 is 1.34. The number of para-hydroxylation sites is 1. The second-order valence-electron chi connectivity index (χ2n) is 3.97. The minimum absolute atomic E-state index is 0.0566. The van der Waals surface area contributed by atoms with E-state index in [0.717, 1.165) is 11.5 Å². The van der Waals surface area contributed by atoms with Crippen LogP contribution in [-0.2, 0) is 4.79 Å². The molecule has 6 heteroatoms. The zero-order chi connectivity index (χ0) is 13.7. The van der Waals surface area contributed by atoms with Gasteiger partial charge in [-0.1, -0.05) is 30.0 Å². The molecule has 0 aliphatic carbocycles. The summed E-state index contributed by atoms with van der Waals surface area (Å²) in [6, 6.07) is 9.66. The summed E-state index contributed by atoms with van der Waals surface area (Å²) in [5, 5.41) is 7.37. The first-order valence-corrected chi connectivity index (χ1v) is 7.06. The van der Waals surface area contributed by atoms with E-state index < -0.39 is 0 Å². The second kappa shape index (κ2) is 6.38. The number of carbonyl (C=O) groups excluding carboxylic acids is 1. The van der Waals surface area contributed by atoms with Gasteiger partial charge < -0.3 is 4.90 Å². The van der Waals surface area contributed by atoms with Gasteiger partial charge in [0.05, 0.1) is 5.75 Å². The van der Waals surface area contributed by atoms with Crippen molar-refractivity contribution in [2.24, 2.45) is 0 Å². The highest BCUT2D eigenvalue weighted by atomic mass is 32.2.